The second-order valence-corrected chi connectivity index (χ2v) is 8.63. The van der Waals surface area contributed by atoms with E-state index in [0.717, 1.165) is 33.4 Å². The van der Waals surface area contributed by atoms with Crippen LogP contribution in [0.3, 0.4) is 0 Å². The summed E-state index contributed by atoms with van der Waals surface area (Å²) in [5, 5.41) is 3.24. The van der Waals surface area contributed by atoms with Gasteiger partial charge in [0, 0.05) is 0 Å². The van der Waals surface area contributed by atoms with E-state index in [4.69, 9.17) is 4.74 Å². The zero-order valence-electron chi connectivity index (χ0n) is 19.9. The van der Waals surface area contributed by atoms with Gasteiger partial charge in [-0.15, -0.1) is 0 Å². The zero-order chi connectivity index (χ0) is 23.9. The molecule has 0 saturated carbocycles. The average Bonchev–Trinajstić information content (AvgIpc) is 2.98. The number of ether oxygens (including phenoxy) is 1. The number of benzene rings is 3. The van der Waals surface area contributed by atoms with Gasteiger partial charge in [-0.3, -0.25) is 9.59 Å². The number of carbonyl (C=O) groups excluding carboxylic acids is 2. The quantitative estimate of drug-likeness (QED) is 0.522. The molecular formula is C28H28N2O3. The molecule has 0 bridgehead atoms. The van der Waals surface area contributed by atoms with Crippen molar-refractivity contribution in [2.45, 2.75) is 34.6 Å². The van der Waals surface area contributed by atoms with Gasteiger partial charge in [-0.25, -0.2) is 4.90 Å². The van der Waals surface area contributed by atoms with Gasteiger partial charge >= 0.3 is 0 Å². The molecule has 1 heterocycles. The van der Waals surface area contributed by atoms with E-state index in [1.165, 1.54) is 4.90 Å². The summed E-state index contributed by atoms with van der Waals surface area (Å²) >= 11 is 0. The van der Waals surface area contributed by atoms with Crippen molar-refractivity contribution in [1.82, 2.24) is 0 Å². The molecule has 0 atom stereocenters. The number of anilines is 2. The normalized spacial score (nSPS) is 13.7. The molecule has 3 aromatic carbocycles. The highest BCUT2D eigenvalue weighted by Crippen LogP contribution is 2.38. The molecule has 0 aliphatic carbocycles. The van der Waals surface area contributed by atoms with Gasteiger partial charge in [-0.1, -0.05) is 47.5 Å². The van der Waals surface area contributed by atoms with Crippen LogP contribution in [0, 0.1) is 34.6 Å². The third kappa shape index (κ3) is 4.02. The summed E-state index contributed by atoms with van der Waals surface area (Å²) in [7, 11) is 1.58. The topological polar surface area (TPSA) is 58.6 Å². The number of nitrogens with zero attached hydrogens (tertiary/aromatic N) is 1. The van der Waals surface area contributed by atoms with Crippen LogP contribution in [0.25, 0.3) is 5.57 Å². The van der Waals surface area contributed by atoms with Crippen LogP contribution in [0.1, 0.15) is 33.4 Å². The third-order valence-corrected chi connectivity index (χ3v) is 5.94. The van der Waals surface area contributed by atoms with Crippen molar-refractivity contribution in [2.75, 3.05) is 17.3 Å². The van der Waals surface area contributed by atoms with Gasteiger partial charge in [-0.05, 0) is 75.1 Å². The molecule has 0 spiro atoms. The molecule has 4 rings (SSSR count). The van der Waals surface area contributed by atoms with Crippen LogP contribution in [0.4, 0.5) is 11.4 Å². The van der Waals surface area contributed by atoms with E-state index < -0.39 is 0 Å². The summed E-state index contributed by atoms with van der Waals surface area (Å²) in [5.41, 5.74) is 7.54. The van der Waals surface area contributed by atoms with E-state index in [9.17, 15) is 9.59 Å². The van der Waals surface area contributed by atoms with Crippen molar-refractivity contribution < 1.29 is 14.3 Å². The number of hydrogen-bond donors (Lipinski definition) is 1. The molecule has 0 saturated heterocycles. The van der Waals surface area contributed by atoms with E-state index in [-0.39, 0.29) is 17.5 Å². The lowest BCUT2D eigenvalue weighted by Gasteiger charge is -2.18. The molecule has 5 heteroatoms. The van der Waals surface area contributed by atoms with Crippen LogP contribution in [0.2, 0.25) is 0 Å². The predicted octanol–water partition coefficient (Wildman–Crippen LogP) is 5.63. The maximum atomic E-state index is 13.8. The molecule has 0 radical (unpaired) electrons. The molecule has 1 N–H and O–H groups in total. The van der Waals surface area contributed by atoms with Crippen molar-refractivity contribution >= 4 is 28.8 Å². The third-order valence-electron chi connectivity index (χ3n) is 5.94. The molecular weight excluding hydrogens is 412 g/mol. The number of carbonyl (C=O) groups is 2. The standard InChI is InChI=1S/C28H28N2O3/c1-16-7-10-21(19(4)13-16)25-26(29-22-15-18(3)9-12-24(22)33-6)28(32)30(27(25)31)23-11-8-17(2)14-20(23)5/h7-15,29H,1-6H3. The minimum absolute atomic E-state index is 0.246. The Kier molecular flexibility index (Phi) is 5.81. The Morgan fingerprint density at radius 1 is 0.727 bits per heavy atom. The maximum Gasteiger partial charge on any atom is 0.282 e. The first-order valence-electron chi connectivity index (χ1n) is 10.9. The van der Waals surface area contributed by atoms with Crippen LogP contribution in [0.15, 0.2) is 60.3 Å². The van der Waals surface area contributed by atoms with Gasteiger partial charge < -0.3 is 10.1 Å². The van der Waals surface area contributed by atoms with Gasteiger partial charge in [0.15, 0.2) is 0 Å². The van der Waals surface area contributed by atoms with Crippen molar-refractivity contribution in [3.8, 4) is 5.75 Å². The van der Waals surface area contributed by atoms with Crippen LogP contribution >= 0.6 is 0 Å². The summed E-state index contributed by atoms with van der Waals surface area (Å²) in [6.45, 7) is 9.83. The lowest BCUT2D eigenvalue weighted by Crippen LogP contribution is -2.33. The number of nitrogens with one attached hydrogen (secondary N) is 1. The average molecular weight is 441 g/mol. The molecule has 1 aliphatic heterocycles. The van der Waals surface area contributed by atoms with Gasteiger partial charge in [0.25, 0.3) is 11.8 Å². The fraction of sp³-hybridized carbons (Fsp3) is 0.214. The lowest BCUT2D eigenvalue weighted by atomic mass is 9.97. The number of methoxy groups -OCH3 is 1. The first-order chi connectivity index (χ1) is 15.7. The molecule has 3 aromatic rings. The van der Waals surface area contributed by atoms with Crippen LogP contribution in [-0.2, 0) is 9.59 Å². The second-order valence-electron chi connectivity index (χ2n) is 8.63. The Hall–Kier alpha value is -3.86. The molecule has 33 heavy (non-hydrogen) atoms. The van der Waals surface area contributed by atoms with Crippen molar-refractivity contribution in [3.05, 3.63) is 93.7 Å². The zero-order valence-corrected chi connectivity index (χ0v) is 19.9. The monoisotopic (exact) mass is 440 g/mol. The maximum absolute atomic E-state index is 13.8. The molecule has 2 amide bonds. The van der Waals surface area contributed by atoms with E-state index in [0.29, 0.717) is 22.7 Å². The van der Waals surface area contributed by atoms with E-state index in [1.807, 2.05) is 89.2 Å². The Balaban J connectivity index is 1.91. The predicted molar refractivity (Wildman–Crippen MR) is 133 cm³/mol. The molecule has 0 unspecified atom stereocenters. The summed E-state index contributed by atoms with van der Waals surface area (Å²) in [5.74, 6) is -0.128. The highest BCUT2D eigenvalue weighted by molar-refractivity contribution is 6.46. The molecule has 5 nitrogen and oxygen atoms in total. The fourth-order valence-corrected chi connectivity index (χ4v) is 4.32. The van der Waals surface area contributed by atoms with Crippen molar-refractivity contribution in [1.29, 1.82) is 0 Å². The SMILES string of the molecule is COc1ccc(C)cc1NC1=C(c2ccc(C)cc2C)C(=O)N(c2ccc(C)cc2C)C1=O. The Bertz CT molecular complexity index is 1320. The summed E-state index contributed by atoms with van der Waals surface area (Å²) < 4.78 is 5.50. The molecule has 0 fully saturated rings. The molecule has 168 valence electrons. The lowest BCUT2D eigenvalue weighted by molar-refractivity contribution is -0.120. The number of hydrogen-bond acceptors (Lipinski definition) is 4. The Labute approximate surface area is 194 Å². The highest BCUT2D eigenvalue weighted by atomic mass is 16.5. The van der Waals surface area contributed by atoms with Crippen molar-refractivity contribution in [3.63, 3.8) is 0 Å². The van der Waals surface area contributed by atoms with Crippen LogP contribution < -0.4 is 15.0 Å². The number of imide groups is 1. The minimum Gasteiger partial charge on any atom is -0.495 e. The van der Waals surface area contributed by atoms with E-state index in [1.54, 1.807) is 7.11 Å². The second kappa shape index (κ2) is 8.58. The molecule has 0 aromatic heterocycles. The van der Waals surface area contributed by atoms with Crippen molar-refractivity contribution in [2.24, 2.45) is 0 Å². The largest absolute Gasteiger partial charge is 0.495 e. The Morgan fingerprint density at radius 2 is 1.33 bits per heavy atom. The van der Waals surface area contributed by atoms with Gasteiger partial charge in [0.2, 0.25) is 0 Å². The summed E-state index contributed by atoms with van der Waals surface area (Å²) in [6.07, 6.45) is 0. The molecule has 1 aliphatic rings. The first-order valence-corrected chi connectivity index (χ1v) is 10.9. The summed E-state index contributed by atoms with van der Waals surface area (Å²) in [6, 6.07) is 17.3. The minimum atomic E-state index is -0.384. The van der Waals surface area contributed by atoms with Gasteiger partial charge in [-0.2, -0.15) is 0 Å². The van der Waals surface area contributed by atoms with Gasteiger partial charge in [0.1, 0.15) is 11.4 Å². The van der Waals surface area contributed by atoms with E-state index in [2.05, 4.69) is 5.32 Å². The van der Waals surface area contributed by atoms with Gasteiger partial charge in [0.05, 0.1) is 24.1 Å². The summed E-state index contributed by atoms with van der Waals surface area (Å²) in [4.78, 5) is 28.8. The number of rotatable bonds is 5. The van der Waals surface area contributed by atoms with Crippen LogP contribution in [0.5, 0.6) is 5.75 Å². The fourth-order valence-electron chi connectivity index (χ4n) is 4.32. The number of amides is 2. The smallest absolute Gasteiger partial charge is 0.282 e. The van der Waals surface area contributed by atoms with Crippen LogP contribution in [-0.4, -0.2) is 18.9 Å². The number of aryl methyl sites for hydroxylation is 5. The Morgan fingerprint density at radius 3 is 1.97 bits per heavy atom. The highest BCUT2D eigenvalue weighted by Gasteiger charge is 2.41. The first kappa shape index (κ1) is 22.3. The van der Waals surface area contributed by atoms with E-state index >= 15 is 0 Å².